The number of anilines is 2. The molecule has 0 fully saturated rings. The lowest BCUT2D eigenvalue weighted by Gasteiger charge is -2.27. The van der Waals surface area contributed by atoms with Crippen LogP contribution < -0.4 is 10.2 Å². The highest BCUT2D eigenvalue weighted by molar-refractivity contribution is 6.30. The summed E-state index contributed by atoms with van der Waals surface area (Å²) in [4.78, 5) is 7.16. The molecule has 178 valence electrons. The molecule has 3 aliphatic rings. The Balaban J connectivity index is 1.51. The molecule has 2 aliphatic carbocycles. The molecule has 38 heavy (non-hydrogen) atoms. The van der Waals surface area contributed by atoms with Crippen molar-refractivity contribution in [3.05, 3.63) is 107 Å². The molecule has 5 nitrogen and oxygen atoms in total. The lowest BCUT2D eigenvalue weighted by molar-refractivity contribution is 0.876. The monoisotopic (exact) mass is 487 g/mol. The maximum absolute atomic E-state index is 4.76. The van der Waals surface area contributed by atoms with E-state index in [4.69, 9.17) is 4.98 Å². The minimum absolute atomic E-state index is 0.1000. The van der Waals surface area contributed by atoms with Gasteiger partial charge in [0, 0.05) is 33.5 Å². The Morgan fingerprint density at radius 3 is 2.71 bits per heavy atom. The fourth-order valence-corrected chi connectivity index (χ4v) is 7.07. The standard InChI is InChI=1S/C33H21N5/c1-3-18-17-35-36-33(21(18)4-2)38-24-14-10-19-8-12-22-29-27(19)31(24)32-25(38)15-11-20-9-13-23(30(29)28(20)32)37(22)26-7-5-6-16-34-26/h3-10,12-17,22H,1-2,11H2. The first-order chi connectivity index (χ1) is 18.8. The molecule has 0 bridgehead atoms. The van der Waals surface area contributed by atoms with E-state index in [1.54, 1.807) is 6.20 Å². The molecule has 6 aromatic rings. The maximum atomic E-state index is 4.76. The van der Waals surface area contributed by atoms with Gasteiger partial charge < -0.3 is 4.90 Å². The molecule has 1 unspecified atom stereocenters. The average molecular weight is 488 g/mol. The van der Waals surface area contributed by atoms with Gasteiger partial charge in [-0.3, -0.25) is 4.57 Å². The lowest BCUT2D eigenvalue weighted by atomic mass is 9.83. The molecule has 0 saturated heterocycles. The zero-order valence-electron chi connectivity index (χ0n) is 20.5. The third kappa shape index (κ3) is 2.18. The van der Waals surface area contributed by atoms with Crippen molar-refractivity contribution >= 4 is 68.3 Å². The van der Waals surface area contributed by atoms with Gasteiger partial charge in [-0.1, -0.05) is 61.7 Å². The molecule has 0 amide bonds. The third-order valence-corrected chi connectivity index (χ3v) is 8.50. The Hall–Kier alpha value is -5.03. The second-order valence-electron chi connectivity index (χ2n) is 10.1. The van der Waals surface area contributed by atoms with E-state index in [-0.39, 0.29) is 6.04 Å². The van der Waals surface area contributed by atoms with Crippen molar-refractivity contribution in [1.82, 2.24) is 19.7 Å². The van der Waals surface area contributed by atoms with Crippen LogP contribution in [-0.2, 0) is 6.42 Å². The van der Waals surface area contributed by atoms with E-state index < -0.39 is 0 Å². The van der Waals surface area contributed by atoms with E-state index in [1.165, 1.54) is 54.7 Å². The van der Waals surface area contributed by atoms with E-state index >= 15 is 0 Å². The summed E-state index contributed by atoms with van der Waals surface area (Å²) in [6, 6.07) is 15.3. The Morgan fingerprint density at radius 2 is 1.87 bits per heavy atom. The van der Waals surface area contributed by atoms with Crippen molar-refractivity contribution in [2.24, 2.45) is 0 Å². The van der Waals surface area contributed by atoms with Crippen LogP contribution in [0.4, 0.5) is 11.5 Å². The molecule has 5 heteroatoms. The number of pyridine rings is 1. The van der Waals surface area contributed by atoms with Crippen molar-refractivity contribution in [2.45, 2.75) is 12.5 Å². The Kier molecular flexibility index (Phi) is 3.61. The van der Waals surface area contributed by atoms with Gasteiger partial charge in [-0.2, -0.15) is 5.10 Å². The van der Waals surface area contributed by atoms with Crippen LogP contribution in [-0.4, -0.2) is 19.7 Å². The molecular formula is C33H21N5. The zero-order valence-corrected chi connectivity index (χ0v) is 20.5. The van der Waals surface area contributed by atoms with Crippen LogP contribution in [0.2, 0.25) is 0 Å². The zero-order chi connectivity index (χ0) is 25.1. The van der Waals surface area contributed by atoms with Crippen LogP contribution in [0, 0.1) is 0 Å². The van der Waals surface area contributed by atoms with Crippen molar-refractivity contribution in [1.29, 1.82) is 0 Å². The van der Waals surface area contributed by atoms with Crippen molar-refractivity contribution < 1.29 is 0 Å². The topological polar surface area (TPSA) is 46.8 Å². The van der Waals surface area contributed by atoms with Gasteiger partial charge in [0.25, 0.3) is 0 Å². The molecule has 1 atom stereocenters. The van der Waals surface area contributed by atoms with Gasteiger partial charge in [-0.25, -0.2) is 4.98 Å². The first kappa shape index (κ1) is 20.1. The van der Waals surface area contributed by atoms with Gasteiger partial charge in [0.15, 0.2) is 5.82 Å². The highest BCUT2D eigenvalue weighted by atomic mass is 15.2. The van der Waals surface area contributed by atoms with Gasteiger partial charge >= 0.3 is 0 Å². The molecular weight excluding hydrogens is 466 g/mol. The molecule has 0 radical (unpaired) electrons. The van der Waals surface area contributed by atoms with Gasteiger partial charge in [-0.05, 0) is 58.1 Å². The molecule has 0 N–H and O–H groups in total. The summed E-state index contributed by atoms with van der Waals surface area (Å²) in [7, 11) is 0. The van der Waals surface area contributed by atoms with E-state index in [9.17, 15) is 0 Å². The van der Waals surface area contributed by atoms with Crippen LogP contribution in [0.15, 0.2) is 74.1 Å². The Morgan fingerprint density at radius 1 is 0.921 bits per heavy atom. The maximum Gasteiger partial charge on any atom is 0.168 e. The van der Waals surface area contributed by atoms with Crippen LogP contribution in [0.3, 0.4) is 0 Å². The van der Waals surface area contributed by atoms with E-state index in [2.05, 4.69) is 87.4 Å². The minimum Gasteiger partial charge on any atom is -0.315 e. The van der Waals surface area contributed by atoms with E-state index in [1.807, 2.05) is 24.4 Å². The highest BCUT2D eigenvalue weighted by Gasteiger charge is 2.38. The summed E-state index contributed by atoms with van der Waals surface area (Å²) in [5, 5.41) is 16.8. The first-order valence-electron chi connectivity index (χ1n) is 12.9. The summed E-state index contributed by atoms with van der Waals surface area (Å²) >= 11 is 0. The summed E-state index contributed by atoms with van der Waals surface area (Å²) in [5.74, 6) is 1.76. The number of nitrogens with zero attached hydrogens (tertiary/aromatic N) is 5. The van der Waals surface area contributed by atoms with Crippen molar-refractivity contribution in [2.75, 3.05) is 4.90 Å². The third-order valence-electron chi connectivity index (χ3n) is 8.50. The molecule has 9 rings (SSSR count). The fourth-order valence-electron chi connectivity index (χ4n) is 7.07. The average Bonchev–Trinajstić information content (AvgIpc) is 3.50. The predicted molar refractivity (Wildman–Crippen MR) is 156 cm³/mol. The number of aromatic nitrogens is 4. The van der Waals surface area contributed by atoms with Gasteiger partial charge in [0.1, 0.15) is 5.82 Å². The fraction of sp³-hybridized carbons (Fsp3) is 0.0606. The quantitative estimate of drug-likeness (QED) is 0.260. The van der Waals surface area contributed by atoms with Crippen molar-refractivity contribution in [3.63, 3.8) is 0 Å². The second kappa shape index (κ2) is 6.84. The Labute approximate surface area is 218 Å². The number of hydrogen-bond donors (Lipinski definition) is 0. The highest BCUT2D eigenvalue weighted by Crippen LogP contribution is 2.56. The summed E-state index contributed by atoms with van der Waals surface area (Å²) in [5.41, 5.74) is 8.25. The molecule has 3 aromatic carbocycles. The number of benzene rings is 3. The SMILES string of the molecule is C=Cc1cnnc(-n2c3c4c5c(ccc6c5c5c7c(ccc2c74)C=CC5N6c2ccccn2)CC=3)c1C=C. The van der Waals surface area contributed by atoms with Gasteiger partial charge in [-0.15, -0.1) is 5.10 Å². The Bertz CT molecular complexity index is 2150. The second-order valence-corrected chi connectivity index (χ2v) is 10.1. The van der Waals surface area contributed by atoms with Crippen LogP contribution in [0.5, 0.6) is 0 Å². The largest absolute Gasteiger partial charge is 0.315 e. The molecule has 4 heterocycles. The van der Waals surface area contributed by atoms with E-state index in [0.717, 1.165) is 34.7 Å². The van der Waals surface area contributed by atoms with Gasteiger partial charge in [0.2, 0.25) is 0 Å². The van der Waals surface area contributed by atoms with E-state index in [0.29, 0.717) is 0 Å². The van der Waals surface area contributed by atoms with Gasteiger partial charge in [0.05, 0.1) is 28.8 Å². The predicted octanol–water partition coefficient (Wildman–Crippen LogP) is 6.68. The van der Waals surface area contributed by atoms with Crippen LogP contribution in [0.1, 0.15) is 33.9 Å². The van der Waals surface area contributed by atoms with Crippen LogP contribution >= 0.6 is 0 Å². The number of hydrogen-bond acceptors (Lipinski definition) is 4. The first-order valence-corrected chi connectivity index (χ1v) is 12.9. The van der Waals surface area contributed by atoms with Crippen molar-refractivity contribution in [3.8, 4) is 5.82 Å². The minimum atomic E-state index is 0.1000. The van der Waals surface area contributed by atoms with Crippen LogP contribution in [0.25, 0.3) is 62.6 Å². The summed E-state index contributed by atoms with van der Waals surface area (Å²) < 4.78 is 2.29. The molecule has 0 saturated carbocycles. The summed E-state index contributed by atoms with van der Waals surface area (Å²) in [6.07, 6.45) is 15.1. The lowest BCUT2D eigenvalue weighted by Crippen LogP contribution is -2.20. The molecule has 0 spiro atoms. The molecule has 1 aliphatic heterocycles. The number of rotatable bonds is 4. The smallest absolute Gasteiger partial charge is 0.168 e. The molecule has 3 aromatic heterocycles. The summed E-state index contributed by atoms with van der Waals surface area (Å²) in [6.45, 7) is 8.10. The normalized spacial score (nSPS) is 16.3.